The number of hydrogen-bond donors (Lipinski definition) is 0. The predicted octanol–water partition coefficient (Wildman–Crippen LogP) is 3.42. The standard InChI is InChI=1S/C9H5F3INO3/c1-4(15)5-2-3-6(9(10,11)12)7(13)8(5)14(16)17/h2-3H,1H3. The van der Waals surface area contributed by atoms with E-state index in [4.69, 9.17) is 0 Å². The van der Waals surface area contributed by atoms with Gasteiger partial charge in [-0.05, 0) is 41.6 Å². The smallest absolute Gasteiger partial charge is 0.294 e. The van der Waals surface area contributed by atoms with Crippen LogP contribution in [0.4, 0.5) is 18.9 Å². The third-order valence-corrected chi connectivity index (χ3v) is 3.08. The van der Waals surface area contributed by atoms with Gasteiger partial charge in [-0.1, -0.05) is 0 Å². The number of carbonyl (C=O) groups is 1. The van der Waals surface area contributed by atoms with Crippen LogP contribution in [0.2, 0.25) is 0 Å². The molecular weight excluding hydrogens is 354 g/mol. The van der Waals surface area contributed by atoms with Gasteiger partial charge in [0.1, 0.15) is 3.57 Å². The second kappa shape index (κ2) is 4.59. The summed E-state index contributed by atoms with van der Waals surface area (Å²) in [4.78, 5) is 20.8. The molecule has 0 aliphatic carbocycles. The molecule has 1 rings (SSSR count). The fraction of sp³-hybridized carbons (Fsp3) is 0.222. The summed E-state index contributed by atoms with van der Waals surface area (Å²) in [5, 5.41) is 10.7. The molecule has 1 aromatic carbocycles. The van der Waals surface area contributed by atoms with Crippen LogP contribution in [-0.2, 0) is 6.18 Å². The van der Waals surface area contributed by atoms with Gasteiger partial charge in [-0.15, -0.1) is 0 Å². The molecule has 0 amide bonds. The molecule has 17 heavy (non-hydrogen) atoms. The number of halogens is 4. The van der Waals surface area contributed by atoms with Gasteiger partial charge in [0.15, 0.2) is 5.78 Å². The summed E-state index contributed by atoms with van der Waals surface area (Å²) >= 11 is 1.23. The van der Waals surface area contributed by atoms with Gasteiger partial charge in [0, 0.05) is 0 Å². The summed E-state index contributed by atoms with van der Waals surface area (Å²) in [6.07, 6.45) is -4.68. The lowest BCUT2D eigenvalue weighted by Crippen LogP contribution is -2.12. The zero-order valence-corrected chi connectivity index (χ0v) is 10.5. The van der Waals surface area contributed by atoms with E-state index in [1.54, 1.807) is 0 Å². The summed E-state index contributed by atoms with van der Waals surface area (Å²) < 4.78 is 37.0. The molecule has 8 heteroatoms. The van der Waals surface area contributed by atoms with E-state index in [1.807, 2.05) is 0 Å². The first kappa shape index (κ1) is 13.9. The van der Waals surface area contributed by atoms with Crippen molar-refractivity contribution in [3.63, 3.8) is 0 Å². The number of benzene rings is 1. The van der Waals surface area contributed by atoms with Crippen LogP contribution in [0, 0.1) is 13.7 Å². The quantitative estimate of drug-likeness (QED) is 0.352. The van der Waals surface area contributed by atoms with Crippen LogP contribution in [0.25, 0.3) is 0 Å². The molecule has 92 valence electrons. The van der Waals surface area contributed by atoms with Crippen molar-refractivity contribution in [1.29, 1.82) is 0 Å². The van der Waals surface area contributed by atoms with Crippen molar-refractivity contribution in [2.24, 2.45) is 0 Å². The summed E-state index contributed by atoms with van der Waals surface area (Å²) in [6, 6.07) is 1.50. The average Bonchev–Trinajstić information content (AvgIpc) is 2.13. The monoisotopic (exact) mass is 359 g/mol. The van der Waals surface area contributed by atoms with Crippen molar-refractivity contribution in [2.45, 2.75) is 13.1 Å². The van der Waals surface area contributed by atoms with Crippen LogP contribution in [0.1, 0.15) is 22.8 Å². The molecule has 0 N–H and O–H groups in total. The maximum Gasteiger partial charge on any atom is 0.417 e. The lowest BCUT2D eigenvalue weighted by atomic mass is 10.1. The van der Waals surface area contributed by atoms with Crippen molar-refractivity contribution in [3.05, 3.63) is 36.9 Å². The molecule has 0 fully saturated rings. The maximum atomic E-state index is 12.5. The van der Waals surface area contributed by atoms with E-state index in [1.165, 1.54) is 22.6 Å². The molecule has 0 saturated heterocycles. The van der Waals surface area contributed by atoms with Crippen molar-refractivity contribution < 1.29 is 22.9 Å². The molecule has 4 nitrogen and oxygen atoms in total. The highest BCUT2D eigenvalue weighted by Gasteiger charge is 2.37. The van der Waals surface area contributed by atoms with Gasteiger partial charge in [0.25, 0.3) is 5.69 Å². The number of nitro groups is 1. The topological polar surface area (TPSA) is 60.2 Å². The number of Topliss-reactive ketones (excluding diaryl/α,β-unsaturated/α-hetero) is 1. The molecule has 0 bridgehead atoms. The summed E-state index contributed by atoms with van der Waals surface area (Å²) in [5.74, 6) is -0.650. The minimum atomic E-state index is -4.68. The fourth-order valence-electron chi connectivity index (χ4n) is 1.25. The van der Waals surface area contributed by atoms with Gasteiger partial charge in [-0.2, -0.15) is 13.2 Å². The Morgan fingerprint density at radius 1 is 1.41 bits per heavy atom. The highest BCUT2D eigenvalue weighted by Crippen LogP contribution is 2.38. The minimum Gasteiger partial charge on any atom is -0.294 e. The summed E-state index contributed by atoms with van der Waals surface area (Å²) in [7, 11) is 0. The molecule has 0 aliphatic heterocycles. The Morgan fingerprint density at radius 3 is 2.29 bits per heavy atom. The van der Waals surface area contributed by atoms with Gasteiger partial charge in [-0.25, -0.2) is 0 Å². The molecule has 0 atom stereocenters. The second-order valence-electron chi connectivity index (χ2n) is 3.13. The number of nitro benzene ring substituents is 1. The van der Waals surface area contributed by atoms with E-state index in [2.05, 4.69) is 0 Å². The number of alkyl halides is 3. The third-order valence-electron chi connectivity index (χ3n) is 1.98. The Labute approximate surface area is 107 Å². The molecule has 0 aromatic heterocycles. The number of hydrogen-bond acceptors (Lipinski definition) is 3. The number of carbonyl (C=O) groups excluding carboxylic acids is 1. The fourth-order valence-corrected chi connectivity index (χ4v) is 2.22. The Bertz CT molecular complexity index is 499. The molecule has 0 aliphatic rings. The zero-order valence-electron chi connectivity index (χ0n) is 8.34. The number of rotatable bonds is 2. The van der Waals surface area contributed by atoms with Crippen LogP contribution in [0.5, 0.6) is 0 Å². The Kier molecular flexibility index (Phi) is 3.74. The normalized spacial score (nSPS) is 11.4. The van der Waals surface area contributed by atoms with E-state index >= 15 is 0 Å². The number of nitrogens with zero attached hydrogens (tertiary/aromatic N) is 1. The Morgan fingerprint density at radius 2 is 1.94 bits per heavy atom. The molecule has 0 spiro atoms. The lowest BCUT2D eigenvalue weighted by Gasteiger charge is -2.10. The van der Waals surface area contributed by atoms with E-state index in [-0.39, 0.29) is 5.56 Å². The van der Waals surface area contributed by atoms with Crippen molar-refractivity contribution >= 4 is 34.1 Å². The predicted molar refractivity (Wildman–Crippen MR) is 60.8 cm³/mol. The van der Waals surface area contributed by atoms with Crippen LogP contribution in [0.3, 0.4) is 0 Å². The largest absolute Gasteiger partial charge is 0.417 e. The van der Waals surface area contributed by atoms with Gasteiger partial charge in [0.2, 0.25) is 0 Å². The van der Waals surface area contributed by atoms with Gasteiger partial charge in [-0.3, -0.25) is 14.9 Å². The lowest BCUT2D eigenvalue weighted by molar-refractivity contribution is -0.386. The van der Waals surface area contributed by atoms with Crippen molar-refractivity contribution in [1.82, 2.24) is 0 Å². The highest BCUT2D eigenvalue weighted by atomic mass is 127. The Hall–Kier alpha value is -1.19. The highest BCUT2D eigenvalue weighted by molar-refractivity contribution is 14.1. The first-order chi connectivity index (χ1) is 7.66. The SMILES string of the molecule is CC(=O)c1ccc(C(F)(F)F)c(I)c1[N+](=O)[O-]. The third kappa shape index (κ3) is 2.73. The van der Waals surface area contributed by atoms with Crippen LogP contribution in [0.15, 0.2) is 12.1 Å². The van der Waals surface area contributed by atoms with Crippen LogP contribution < -0.4 is 0 Å². The molecular formula is C9H5F3INO3. The summed E-state index contributed by atoms with van der Waals surface area (Å²) in [5.41, 5.74) is -2.24. The van der Waals surface area contributed by atoms with E-state index in [9.17, 15) is 28.1 Å². The molecule has 1 aromatic rings. The van der Waals surface area contributed by atoms with Gasteiger partial charge >= 0.3 is 6.18 Å². The van der Waals surface area contributed by atoms with Crippen LogP contribution >= 0.6 is 22.6 Å². The number of ketones is 1. The van der Waals surface area contributed by atoms with Crippen LogP contribution in [-0.4, -0.2) is 10.7 Å². The van der Waals surface area contributed by atoms with E-state index in [0.29, 0.717) is 6.07 Å². The first-order valence-electron chi connectivity index (χ1n) is 4.21. The second-order valence-corrected chi connectivity index (χ2v) is 4.21. The van der Waals surface area contributed by atoms with Crippen molar-refractivity contribution in [2.75, 3.05) is 0 Å². The zero-order chi connectivity index (χ0) is 13.4. The van der Waals surface area contributed by atoms with E-state index < -0.39 is 31.7 Å². The molecule has 0 heterocycles. The van der Waals surface area contributed by atoms with Gasteiger partial charge in [0.05, 0.1) is 16.1 Å². The maximum absolute atomic E-state index is 12.5. The molecule has 0 radical (unpaired) electrons. The molecule has 0 saturated carbocycles. The Balaban J connectivity index is 3.61. The average molecular weight is 359 g/mol. The van der Waals surface area contributed by atoms with Crippen molar-refractivity contribution in [3.8, 4) is 0 Å². The first-order valence-corrected chi connectivity index (χ1v) is 5.29. The van der Waals surface area contributed by atoms with Gasteiger partial charge < -0.3 is 0 Å². The molecule has 0 unspecified atom stereocenters. The van der Waals surface area contributed by atoms with E-state index in [0.717, 1.165) is 13.0 Å². The minimum absolute atomic E-state index is 0.326. The summed E-state index contributed by atoms with van der Waals surface area (Å²) in [6.45, 7) is 1.06.